The van der Waals surface area contributed by atoms with Crippen LogP contribution in [0, 0.1) is 0 Å². The molecule has 1 aromatic rings. The molecular formula is C13H19O2P. The summed E-state index contributed by atoms with van der Waals surface area (Å²) in [7, 11) is -2.43. The zero-order valence-corrected chi connectivity index (χ0v) is 11.0. The minimum Gasteiger partial charge on any atom is -0.365 e. The second-order valence-electron chi connectivity index (χ2n) is 4.96. The molecule has 0 spiro atoms. The van der Waals surface area contributed by atoms with Crippen molar-refractivity contribution in [3.63, 3.8) is 0 Å². The highest BCUT2D eigenvalue weighted by molar-refractivity contribution is 7.72. The van der Waals surface area contributed by atoms with E-state index in [1.165, 1.54) is 0 Å². The molecule has 0 unspecified atom stereocenters. The Balaban J connectivity index is 2.42. The van der Waals surface area contributed by atoms with Gasteiger partial charge >= 0.3 is 0 Å². The van der Waals surface area contributed by atoms with Crippen molar-refractivity contribution in [2.75, 3.05) is 6.16 Å². The van der Waals surface area contributed by atoms with Gasteiger partial charge in [0.15, 0.2) is 0 Å². The van der Waals surface area contributed by atoms with Gasteiger partial charge in [0, 0.05) is 11.5 Å². The molecule has 0 N–H and O–H groups in total. The van der Waals surface area contributed by atoms with E-state index >= 15 is 0 Å². The van der Waals surface area contributed by atoms with Crippen LogP contribution in [0.2, 0.25) is 0 Å². The third-order valence-electron chi connectivity index (χ3n) is 3.38. The lowest BCUT2D eigenvalue weighted by Gasteiger charge is -2.41. The minimum absolute atomic E-state index is 0.209. The van der Waals surface area contributed by atoms with Gasteiger partial charge in [0.25, 0.3) is 0 Å². The molecule has 3 heteroatoms. The van der Waals surface area contributed by atoms with Crippen LogP contribution in [0.4, 0.5) is 0 Å². The van der Waals surface area contributed by atoms with Crippen molar-refractivity contribution in [3.05, 3.63) is 30.3 Å². The van der Waals surface area contributed by atoms with Crippen LogP contribution in [0.15, 0.2) is 30.3 Å². The molecule has 0 radical (unpaired) electrons. The fraction of sp³-hybridized carbons (Fsp3) is 0.538. The van der Waals surface area contributed by atoms with Crippen LogP contribution >= 0.6 is 7.14 Å². The maximum absolute atomic E-state index is 13.1. The van der Waals surface area contributed by atoms with Gasteiger partial charge < -0.3 is 9.30 Å². The van der Waals surface area contributed by atoms with Crippen LogP contribution in [-0.4, -0.2) is 17.6 Å². The summed E-state index contributed by atoms with van der Waals surface area (Å²) in [6.45, 7) is 5.96. The molecule has 0 aliphatic carbocycles. The molecule has 0 saturated carbocycles. The van der Waals surface area contributed by atoms with E-state index in [1.54, 1.807) is 0 Å². The molecule has 0 aromatic heterocycles. The molecule has 1 saturated heterocycles. The fourth-order valence-corrected chi connectivity index (χ4v) is 5.53. The molecule has 16 heavy (non-hydrogen) atoms. The molecule has 0 amide bonds. The van der Waals surface area contributed by atoms with Crippen molar-refractivity contribution in [2.24, 2.45) is 0 Å². The smallest absolute Gasteiger partial charge is 0.145 e. The molecule has 2 atom stereocenters. The van der Waals surface area contributed by atoms with E-state index in [9.17, 15) is 4.57 Å². The predicted molar refractivity (Wildman–Crippen MR) is 67.8 cm³/mol. The van der Waals surface area contributed by atoms with Crippen LogP contribution in [-0.2, 0) is 9.30 Å². The summed E-state index contributed by atoms with van der Waals surface area (Å²) >= 11 is 0. The van der Waals surface area contributed by atoms with Crippen LogP contribution in [0.3, 0.4) is 0 Å². The molecular weight excluding hydrogens is 219 g/mol. The average molecular weight is 238 g/mol. The zero-order chi connectivity index (χ0) is 11.8. The maximum Gasteiger partial charge on any atom is 0.145 e. The van der Waals surface area contributed by atoms with Crippen molar-refractivity contribution >= 4 is 12.4 Å². The van der Waals surface area contributed by atoms with E-state index in [4.69, 9.17) is 4.74 Å². The second-order valence-corrected chi connectivity index (χ2v) is 8.48. The Morgan fingerprint density at radius 2 is 1.94 bits per heavy atom. The Bertz CT molecular complexity index is 411. The highest BCUT2D eigenvalue weighted by atomic mass is 31.2. The van der Waals surface area contributed by atoms with Crippen molar-refractivity contribution in [2.45, 2.75) is 38.6 Å². The van der Waals surface area contributed by atoms with Gasteiger partial charge in [0.1, 0.15) is 12.5 Å². The van der Waals surface area contributed by atoms with Crippen LogP contribution in [0.25, 0.3) is 0 Å². The first-order chi connectivity index (χ1) is 7.46. The van der Waals surface area contributed by atoms with E-state index < -0.39 is 12.5 Å². The number of benzene rings is 1. The number of hydrogen-bond acceptors (Lipinski definition) is 2. The zero-order valence-electron chi connectivity index (χ0n) is 10.1. The van der Waals surface area contributed by atoms with Crippen molar-refractivity contribution in [1.29, 1.82) is 0 Å². The first-order valence-corrected chi connectivity index (χ1v) is 7.67. The Labute approximate surface area is 97.4 Å². The van der Waals surface area contributed by atoms with Crippen molar-refractivity contribution < 1.29 is 9.30 Å². The highest BCUT2D eigenvalue weighted by Gasteiger charge is 2.46. The Morgan fingerprint density at radius 3 is 2.50 bits per heavy atom. The third kappa shape index (κ3) is 1.85. The van der Waals surface area contributed by atoms with Crippen LogP contribution < -0.4 is 5.30 Å². The lowest BCUT2D eigenvalue weighted by atomic mass is 10.3. The molecule has 0 bridgehead atoms. The normalized spacial score (nSPS) is 33.6. The van der Waals surface area contributed by atoms with Gasteiger partial charge in [-0.1, -0.05) is 30.3 Å². The molecule has 2 rings (SSSR count). The van der Waals surface area contributed by atoms with Gasteiger partial charge in [0.2, 0.25) is 0 Å². The topological polar surface area (TPSA) is 26.3 Å². The number of hydrogen-bond donors (Lipinski definition) is 0. The molecule has 1 heterocycles. The first-order valence-electron chi connectivity index (χ1n) is 5.78. The molecule has 1 aliphatic heterocycles. The molecule has 1 aliphatic rings. The highest BCUT2D eigenvalue weighted by Crippen LogP contribution is 2.60. The van der Waals surface area contributed by atoms with E-state index in [2.05, 4.69) is 6.92 Å². The summed E-state index contributed by atoms with van der Waals surface area (Å²) in [4.78, 5) is 0. The van der Waals surface area contributed by atoms with Gasteiger partial charge in [-0.2, -0.15) is 0 Å². The summed E-state index contributed by atoms with van der Waals surface area (Å²) in [5.41, 5.74) is 0. The summed E-state index contributed by atoms with van der Waals surface area (Å²) in [5.74, 6) is 0. The van der Waals surface area contributed by atoms with Gasteiger partial charge in [-0.3, -0.25) is 0 Å². The minimum atomic E-state index is -2.43. The van der Waals surface area contributed by atoms with Crippen molar-refractivity contribution in [3.8, 4) is 0 Å². The Hall–Kier alpha value is -0.590. The lowest BCUT2D eigenvalue weighted by Crippen LogP contribution is -2.39. The average Bonchev–Trinajstić information content (AvgIpc) is 2.25. The van der Waals surface area contributed by atoms with E-state index in [0.717, 1.165) is 17.9 Å². The van der Waals surface area contributed by atoms with Gasteiger partial charge in [-0.25, -0.2) is 0 Å². The lowest BCUT2D eigenvalue weighted by molar-refractivity contribution is -0.0219. The summed E-state index contributed by atoms with van der Waals surface area (Å²) in [6.07, 6.45) is 1.85. The molecule has 1 aromatic carbocycles. The number of rotatable bonds is 1. The first kappa shape index (κ1) is 11.9. The Kier molecular flexibility index (Phi) is 2.98. The quantitative estimate of drug-likeness (QED) is 0.702. The summed E-state index contributed by atoms with van der Waals surface area (Å²) < 4.78 is 19.0. The van der Waals surface area contributed by atoms with Gasteiger partial charge in [0.05, 0.1) is 6.10 Å². The Morgan fingerprint density at radius 1 is 1.31 bits per heavy atom. The van der Waals surface area contributed by atoms with Crippen LogP contribution in [0.1, 0.15) is 27.2 Å². The van der Waals surface area contributed by atoms with E-state index in [-0.39, 0.29) is 6.10 Å². The van der Waals surface area contributed by atoms with Crippen molar-refractivity contribution in [1.82, 2.24) is 0 Å². The van der Waals surface area contributed by atoms with Gasteiger partial charge in [-0.05, 0) is 27.2 Å². The molecule has 2 nitrogen and oxygen atoms in total. The SMILES string of the molecule is C[C@@H]1CC[P@@](=O)(c2ccccc2)C(C)(C)O1. The summed E-state index contributed by atoms with van der Waals surface area (Å²) in [5, 5.41) is 0.415. The van der Waals surface area contributed by atoms with E-state index in [0.29, 0.717) is 0 Å². The molecule has 88 valence electrons. The largest absolute Gasteiger partial charge is 0.365 e. The second kappa shape index (κ2) is 4.01. The summed E-state index contributed by atoms with van der Waals surface area (Å²) in [6, 6.07) is 9.77. The van der Waals surface area contributed by atoms with Crippen LogP contribution in [0.5, 0.6) is 0 Å². The van der Waals surface area contributed by atoms with E-state index in [1.807, 2.05) is 44.2 Å². The van der Waals surface area contributed by atoms with Gasteiger partial charge in [-0.15, -0.1) is 0 Å². The standard InChI is InChI=1S/C13H19O2P/c1-11-9-10-16(14,13(2,3)15-11)12-7-5-4-6-8-12/h4-8,11H,9-10H2,1-3H3/t11-,16-/m1/s1. The fourth-order valence-electron chi connectivity index (χ4n) is 2.38. The predicted octanol–water partition coefficient (Wildman–Crippen LogP) is 3.22. The number of ether oxygens (including phenoxy) is 1. The molecule has 1 fully saturated rings. The third-order valence-corrected chi connectivity index (χ3v) is 7.25. The maximum atomic E-state index is 13.1. The monoisotopic (exact) mass is 238 g/mol.